The van der Waals surface area contributed by atoms with Crippen LogP contribution >= 0.6 is 0 Å². The highest BCUT2D eigenvalue weighted by Gasteiger charge is 2.02. The number of hydrogen-bond donors (Lipinski definition) is 3. The van der Waals surface area contributed by atoms with Gasteiger partial charge in [0.25, 0.3) is 0 Å². The van der Waals surface area contributed by atoms with Crippen molar-refractivity contribution in [3.8, 4) is 6.07 Å². The molecule has 0 saturated carbocycles. The number of carbonyl (C=O) groups is 1. The third-order valence-electron chi connectivity index (χ3n) is 2.14. The third kappa shape index (κ3) is 3.17. The van der Waals surface area contributed by atoms with Gasteiger partial charge in [-0.15, -0.1) is 0 Å². The van der Waals surface area contributed by atoms with Gasteiger partial charge in [-0.25, -0.2) is 0 Å². The molecule has 1 amide bonds. The summed E-state index contributed by atoms with van der Waals surface area (Å²) >= 11 is 0. The SMILES string of the molecule is CNC(=O)CNc1ccc(N)c(CC#N)c1. The highest BCUT2D eigenvalue weighted by Crippen LogP contribution is 2.17. The van der Waals surface area contributed by atoms with Crippen LogP contribution in [0.5, 0.6) is 0 Å². The molecule has 0 unspecified atom stereocenters. The van der Waals surface area contributed by atoms with E-state index in [0.717, 1.165) is 11.3 Å². The van der Waals surface area contributed by atoms with Gasteiger partial charge in [0.05, 0.1) is 19.0 Å². The number of rotatable bonds is 4. The topological polar surface area (TPSA) is 90.9 Å². The maximum atomic E-state index is 11.0. The first-order chi connectivity index (χ1) is 7.67. The van der Waals surface area contributed by atoms with Crippen LogP contribution < -0.4 is 16.4 Å². The molecule has 0 aliphatic carbocycles. The highest BCUT2D eigenvalue weighted by atomic mass is 16.1. The summed E-state index contributed by atoms with van der Waals surface area (Å²) < 4.78 is 0. The number of amides is 1. The minimum Gasteiger partial charge on any atom is -0.398 e. The Morgan fingerprint density at radius 3 is 2.94 bits per heavy atom. The molecule has 84 valence electrons. The average Bonchev–Trinajstić information content (AvgIpc) is 2.30. The first kappa shape index (κ1) is 11.9. The standard InChI is InChI=1S/C11H14N4O/c1-14-11(16)7-15-9-2-3-10(13)8(6-9)4-5-12/h2-3,6,15H,4,7,13H2,1H3,(H,14,16). The van der Waals surface area contributed by atoms with E-state index in [4.69, 9.17) is 11.0 Å². The van der Waals surface area contributed by atoms with Crippen LogP contribution in [0.3, 0.4) is 0 Å². The number of nitrogens with two attached hydrogens (primary N) is 1. The molecule has 0 aliphatic rings. The summed E-state index contributed by atoms with van der Waals surface area (Å²) in [5, 5.41) is 14.1. The first-order valence-electron chi connectivity index (χ1n) is 4.87. The van der Waals surface area contributed by atoms with Gasteiger partial charge in [0, 0.05) is 18.4 Å². The van der Waals surface area contributed by atoms with Crippen LogP contribution in [0.4, 0.5) is 11.4 Å². The van der Waals surface area contributed by atoms with E-state index in [1.165, 1.54) is 0 Å². The number of hydrogen-bond acceptors (Lipinski definition) is 4. The van der Waals surface area contributed by atoms with Crippen molar-refractivity contribution in [2.45, 2.75) is 6.42 Å². The van der Waals surface area contributed by atoms with E-state index in [1.807, 2.05) is 6.07 Å². The summed E-state index contributed by atoms with van der Waals surface area (Å²) in [7, 11) is 1.58. The zero-order chi connectivity index (χ0) is 12.0. The molecule has 0 radical (unpaired) electrons. The molecule has 0 atom stereocenters. The highest BCUT2D eigenvalue weighted by molar-refractivity contribution is 5.80. The fourth-order valence-corrected chi connectivity index (χ4v) is 1.22. The molecular weight excluding hydrogens is 204 g/mol. The number of nitrogens with zero attached hydrogens (tertiary/aromatic N) is 1. The van der Waals surface area contributed by atoms with Gasteiger partial charge in [0.1, 0.15) is 0 Å². The molecule has 0 heterocycles. The first-order valence-corrected chi connectivity index (χ1v) is 4.87. The largest absolute Gasteiger partial charge is 0.398 e. The van der Waals surface area contributed by atoms with Gasteiger partial charge in [-0.2, -0.15) is 5.26 Å². The minimum absolute atomic E-state index is 0.0985. The van der Waals surface area contributed by atoms with Gasteiger partial charge in [-0.3, -0.25) is 4.79 Å². The second-order valence-electron chi connectivity index (χ2n) is 3.28. The van der Waals surface area contributed by atoms with Crippen molar-refractivity contribution in [1.82, 2.24) is 5.32 Å². The van der Waals surface area contributed by atoms with Crippen molar-refractivity contribution in [2.75, 3.05) is 24.6 Å². The van der Waals surface area contributed by atoms with Crippen molar-refractivity contribution in [2.24, 2.45) is 0 Å². The average molecular weight is 218 g/mol. The second kappa shape index (κ2) is 5.61. The Morgan fingerprint density at radius 2 is 2.31 bits per heavy atom. The minimum atomic E-state index is -0.0985. The predicted molar refractivity (Wildman–Crippen MR) is 62.7 cm³/mol. The summed E-state index contributed by atoms with van der Waals surface area (Å²) in [4.78, 5) is 11.0. The molecule has 16 heavy (non-hydrogen) atoms. The summed E-state index contributed by atoms with van der Waals surface area (Å²) in [6, 6.07) is 7.32. The number of carbonyl (C=O) groups excluding carboxylic acids is 1. The van der Waals surface area contributed by atoms with E-state index in [9.17, 15) is 4.79 Å². The molecule has 5 nitrogen and oxygen atoms in total. The van der Waals surface area contributed by atoms with Gasteiger partial charge >= 0.3 is 0 Å². The van der Waals surface area contributed by atoms with Crippen LogP contribution in [-0.4, -0.2) is 19.5 Å². The van der Waals surface area contributed by atoms with Crippen LogP contribution in [0.2, 0.25) is 0 Å². The van der Waals surface area contributed by atoms with Gasteiger partial charge in [0.2, 0.25) is 5.91 Å². The van der Waals surface area contributed by atoms with Crippen LogP contribution in [0.1, 0.15) is 5.56 Å². The molecule has 0 bridgehead atoms. The summed E-state index contributed by atoms with van der Waals surface area (Å²) in [6.07, 6.45) is 0.265. The molecule has 1 aromatic rings. The fourth-order valence-electron chi connectivity index (χ4n) is 1.22. The van der Waals surface area contributed by atoms with E-state index in [0.29, 0.717) is 5.69 Å². The van der Waals surface area contributed by atoms with Gasteiger partial charge in [-0.1, -0.05) is 0 Å². The Balaban J connectivity index is 2.71. The number of nitrogens with one attached hydrogen (secondary N) is 2. The van der Waals surface area contributed by atoms with Gasteiger partial charge < -0.3 is 16.4 Å². The lowest BCUT2D eigenvalue weighted by Crippen LogP contribution is -2.26. The van der Waals surface area contributed by atoms with Crippen molar-refractivity contribution >= 4 is 17.3 Å². The van der Waals surface area contributed by atoms with E-state index in [-0.39, 0.29) is 18.9 Å². The summed E-state index contributed by atoms with van der Waals surface area (Å²) in [5.74, 6) is -0.0985. The maximum Gasteiger partial charge on any atom is 0.239 e. The quantitative estimate of drug-likeness (QED) is 0.641. The lowest BCUT2D eigenvalue weighted by atomic mass is 10.1. The molecular formula is C11H14N4O. The number of benzene rings is 1. The Bertz CT molecular complexity index is 422. The third-order valence-corrected chi connectivity index (χ3v) is 2.14. The van der Waals surface area contributed by atoms with E-state index >= 15 is 0 Å². The number of anilines is 2. The van der Waals surface area contributed by atoms with E-state index in [1.54, 1.807) is 25.2 Å². The lowest BCUT2D eigenvalue weighted by Gasteiger charge is -2.08. The van der Waals surface area contributed by atoms with Crippen LogP contribution in [0.25, 0.3) is 0 Å². The molecule has 1 aromatic carbocycles. The molecule has 0 fully saturated rings. The second-order valence-corrected chi connectivity index (χ2v) is 3.28. The monoisotopic (exact) mass is 218 g/mol. The van der Waals surface area contributed by atoms with Gasteiger partial charge in [-0.05, 0) is 23.8 Å². The predicted octanol–water partition coefficient (Wildman–Crippen LogP) is 0.493. The zero-order valence-electron chi connectivity index (χ0n) is 9.08. The zero-order valence-corrected chi connectivity index (χ0v) is 9.08. The summed E-state index contributed by atoms with van der Waals surface area (Å²) in [5.41, 5.74) is 7.84. The van der Waals surface area contributed by atoms with E-state index in [2.05, 4.69) is 10.6 Å². The van der Waals surface area contributed by atoms with E-state index < -0.39 is 0 Å². The fraction of sp³-hybridized carbons (Fsp3) is 0.273. The number of nitrogen functional groups attached to an aromatic ring is 1. The van der Waals surface area contributed by atoms with Crippen molar-refractivity contribution in [3.05, 3.63) is 23.8 Å². The molecule has 4 N–H and O–H groups in total. The van der Waals surface area contributed by atoms with Crippen molar-refractivity contribution < 1.29 is 4.79 Å². The van der Waals surface area contributed by atoms with Crippen LogP contribution in [0.15, 0.2) is 18.2 Å². The van der Waals surface area contributed by atoms with Crippen LogP contribution in [0, 0.1) is 11.3 Å². The maximum absolute atomic E-state index is 11.0. The molecule has 1 rings (SSSR count). The Hall–Kier alpha value is -2.22. The Kier molecular flexibility index (Phi) is 4.16. The smallest absolute Gasteiger partial charge is 0.239 e. The molecule has 0 aliphatic heterocycles. The lowest BCUT2D eigenvalue weighted by molar-refractivity contribution is -0.118. The van der Waals surface area contributed by atoms with Crippen molar-refractivity contribution in [1.29, 1.82) is 5.26 Å². The molecule has 0 saturated heterocycles. The molecule has 5 heteroatoms. The number of likely N-dealkylation sites (N-methyl/N-ethyl adjacent to an activating group) is 1. The Labute approximate surface area is 94.2 Å². The normalized spacial score (nSPS) is 9.25. The Morgan fingerprint density at radius 1 is 1.56 bits per heavy atom. The van der Waals surface area contributed by atoms with Gasteiger partial charge in [0.15, 0.2) is 0 Å². The molecule has 0 spiro atoms. The van der Waals surface area contributed by atoms with Crippen molar-refractivity contribution in [3.63, 3.8) is 0 Å². The summed E-state index contributed by atoms with van der Waals surface area (Å²) in [6.45, 7) is 0.201. The van der Waals surface area contributed by atoms with Crippen LogP contribution in [-0.2, 0) is 11.2 Å². The molecule has 0 aromatic heterocycles. The number of nitriles is 1.